The predicted molar refractivity (Wildman–Crippen MR) is 124 cm³/mol. The Morgan fingerprint density at radius 1 is 1.26 bits per heavy atom. The molecule has 1 rings (SSSR count). The van der Waals surface area contributed by atoms with Crippen molar-refractivity contribution in [1.82, 2.24) is 4.31 Å². The molecule has 0 aromatic heterocycles. The summed E-state index contributed by atoms with van der Waals surface area (Å²) < 4.78 is 48.7. The first-order valence-corrected chi connectivity index (χ1v) is 12.9. The Morgan fingerprint density at radius 3 is 2.29 bits per heavy atom. The van der Waals surface area contributed by atoms with Crippen LogP contribution in [0.5, 0.6) is 0 Å². The minimum Gasteiger partial charge on any atom is -0.465 e. The third kappa shape index (κ3) is 6.42. The predicted octanol–water partition coefficient (Wildman–Crippen LogP) is 3.29. The molecule has 31 heavy (non-hydrogen) atoms. The van der Waals surface area contributed by atoms with E-state index in [-0.39, 0.29) is 13.2 Å². The number of rotatable bonds is 9. The number of hydrogen-bond donors (Lipinski definition) is 0. The quantitative estimate of drug-likeness (QED) is 0.410. The zero-order valence-corrected chi connectivity index (χ0v) is 20.6. The molecule has 0 saturated carbocycles. The van der Waals surface area contributed by atoms with E-state index in [0.29, 0.717) is 4.90 Å². The van der Waals surface area contributed by atoms with Gasteiger partial charge in [0.15, 0.2) is 0 Å². The molecule has 172 valence electrons. The summed E-state index contributed by atoms with van der Waals surface area (Å²) in [5, 5.41) is 1.41. The van der Waals surface area contributed by atoms with Crippen LogP contribution in [0.25, 0.3) is 0 Å². The highest BCUT2D eigenvalue weighted by Gasteiger charge is 2.44. The molecule has 0 aliphatic rings. The highest BCUT2D eigenvalue weighted by Crippen LogP contribution is 2.27. The van der Waals surface area contributed by atoms with E-state index in [9.17, 15) is 17.4 Å². The summed E-state index contributed by atoms with van der Waals surface area (Å²) >= 11 is 0. The Labute approximate surface area is 187 Å². The fourth-order valence-electron chi connectivity index (χ4n) is 2.79. The Bertz CT molecular complexity index is 1040. The van der Waals surface area contributed by atoms with Crippen LogP contribution in [-0.4, -0.2) is 53.9 Å². The minimum absolute atomic E-state index is 0.0796. The van der Waals surface area contributed by atoms with E-state index in [1.807, 2.05) is 0 Å². The number of terminal acetylenes is 1. The van der Waals surface area contributed by atoms with E-state index in [1.165, 1.54) is 39.3 Å². The van der Waals surface area contributed by atoms with Crippen molar-refractivity contribution in [2.75, 3.05) is 20.2 Å². The first-order valence-electron chi connectivity index (χ1n) is 9.85. The summed E-state index contributed by atoms with van der Waals surface area (Å²) in [7, 11) is -5.40. The summed E-state index contributed by atoms with van der Waals surface area (Å²) in [6, 6.07) is 7.49. The third-order valence-corrected chi connectivity index (χ3v) is 9.12. The standard InChI is InChI=1S/C22H32N2O5S2/c1-8-16-24(31(27,28)22(4,5)6)20(21(25)29-9-2)18(3)15-17-30(26,23-7)19-13-11-10-12-14-19/h1,10-15,17-18,20H,9,16H2,2-7H3/b17-15+/t18-,20+,30+/m1/s1. The second kappa shape index (κ2) is 10.9. The highest BCUT2D eigenvalue weighted by molar-refractivity contribution is 7.96. The van der Waals surface area contributed by atoms with Crippen molar-refractivity contribution in [3.63, 3.8) is 0 Å². The SMILES string of the molecule is C#CCN([C@H](C(=O)OCC)[C@H](C)/C=C/[S@@](=O)(=NC)c1ccccc1)S(=O)(=O)C(C)(C)C. The minimum atomic E-state index is -3.96. The van der Waals surface area contributed by atoms with Gasteiger partial charge in [-0.2, -0.15) is 4.31 Å². The van der Waals surface area contributed by atoms with E-state index < -0.39 is 42.4 Å². The van der Waals surface area contributed by atoms with Gasteiger partial charge >= 0.3 is 5.97 Å². The van der Waals surface area contributed by atoms with Crippen molar-refractivity contribution >= 4 is 25.7 Å². The van der Waals surface area contributed by atoms with Gasteiger partial charge < -0.3 is 4.74 Å². The van der Waals surface area contributed by atoms with Gasteiger partial charge in [-0.3, -0.25) is 4.79 Å². The topological polar surface area (TPSA) is 93.1 Å². The molecule has 1 aromatic rings. The maximum atomic E-state index is 13.3. The molecule has 9 heteroatoms. The molecule has 0 aliphatic carbocycles. The Morgan fingerprint density at radius 2 is 1.84 bits per heavy atom. The molecule has 0 bridgehead atoms. The van der Waals surface area contributed by atoms with Gasteiger partial charge in [0.25, 0.3) is 0 Å². The van der Waals surface area contributed by atoms with Crippen molar-refractivity contribution in [3.05, 3.63) is 41.8 Å². The van der Waals surface area contributed by atoms with Crippen LogP contribution in [0.4, 0.5) is 0 Å². The Hall–Kier alpha value is -2.15. The number of benzene rings is 1. The van der Waals surface area contributed by atoms with Crippen LogP contribution in [0.2, 0.25) is 0 Å². The van der Waals surface area contributed by atoms with Crippen molar-refractivity contribution in [2.24, 2.45) is 10.3 Å². The fourth-order valence-corrected chi connectivity index (χ4v) is 5.82. The molecule has 0 N–H and O–H groups in total. The number of sulfonamides is 1. The zero-order chi connectivity index (χ0) is 23.9. The summed E-state index contributed by atoms with van der Waals surface area (Å²) in [5.41, 5.74) is 0. The molecule has 1 aromatic carbocycles. The number of hydrogen-bond acceptors (Lipinski definition) is 6. The lowest BCUT2D eigenvalue weighted by molar-refractivity contribution is -0.148. The van der Waals surface area contributed by atoms with Crippen molar-refractivity contribution in [2.45, 2.75) is 50.3 Å². The lowest BCUT2D eigenvalue weighted by Gasteiger charge is -2.35. The van der Waals surface area contributed by atoms with Gasteiger partial charge in [-0.1, -0.05) is 37.1 Å². The first-order chi connectivity index (χ1) is 14.4. The first kappa shape index (κ1) is 26.9. The van der Waals surface area contributed by atoms with Gasteiger partial charge in [0.05, 0.1) is 32.5 Å². The van der Waals surface area contributed by atoms with Crippen LogP contribution in [0, 0.1) is 18.3 Å². The zero-order valence-electron chi connectivity index (χ0n) is 18.9. The molecule has 0 spiro atoms. The number of carbonyl (C=O) groups excluding carboxylic acids is 1. The second-order valence-corrected chi connectivity index (χ2v) is 12.7. The molecule has 0 aliphatic heterocycles. The maximum Gasteiger partial charge on any atom is 0.325 e. The lowest BCUT2D eigenvalue weighted by Crippen LogP contribution is -2.54. The molecule has 0 unspecified atom stereocenters. The Kier molecular flexibility index (Phi) is 9.48. The van der Waals surface area contributed by atoms with Crippen LogP contribution < -0.4 is 0 Å². The number of nitrogens with zero attached hydrogens (tertiary/aromatic N) is 2. The molecule has 7 nitrogen and oxygen atoms in total. The Balaban J connectivity index is 3.51. The van der Waals surface area contributed by atoms with Gasteiger partial charge in [-0.15, -0.1) is 6.42 Å². The molecule has 0 amide bonds. The molecule has 0 radical (unpaired) electrons. The maximum absolute atomic E-state index is 13.3. The molecule has 0 fully saturated rings. The summed E-state index contributed by atoms with van der Waals surface area (Å²) in [6.45, 7) is 7.67. The average Bonchev–Trinajstić information content (AvgIpc) is 2.71. The van der Waals surface area contributed by atoms with Crippen molar-refractivity contribution in [1.29, 1.82) is 0 Å². The van der Waals surface area contributed by atoms with Crippen LogP contribution in [0.1, 0.15) is 34.6 Å². The second-order valence-electron chi connectivity index (χ2n) is 7.82. The smallest absolute Gasteiger partial charge is 0.325 e. The average molecular weight is 469 g/mol. The van der Waals surface area contributed by atoms with Crippen LogP contribution in [-0.2, 0) is 29.3 Å². The van der Waals surface area contributed by atoms with E-state index in [0.717, 1.165) is 4.31 Å². The van der Waals surface area contributed by atoms with Crippen LogP contribution in [0.3, 0.4) is 0 Å². The summed E-state index contributed by atoms with van der Waals surface area (Å²) in [6.07, 6.45) is 6.97. The molecular formula is C22H32N2O5S2. The summed E-state index contributed by atoms with van der Waals surface area (Å²) in [5.74, 6) is 0.923. The number of ether oxygens (including phenoxy) is 1. The fraction of sp³-hybridized carbons (Fsp3) is 0.500. The highest BCUT2D eigenvalue weighted by atomic mass is 32.2. The largest absolute Gasteiger partial charge is 0.465 e. The van der Waals surface area contributed by atoms with Crippen LogP contribution >= 0.6 is 0 Å². The molecule has 0 saturated heterocycles. The van der Waals surface area contributed by atoms with Crippen LogP contribution in [0.15, 0.2) is 51.1 Å². The van der Waals surface area contributed by atoms with Gasteiger partial charge in [0, 0.05) is 18.4 Å². The van der Waals surface area contributed by atoms with Crippen molar-refractivity contribution in [3.8, 4) is 12.3 Å². The molecule has 3 atom stereocenters. The van der Waals surface area contributed by atoms with E-state index in [1.54, 1.807) is 44.2 Å². The number of carbonyl (C=O) groups is 1. The lowest BCUT2D eigenvalue weighted by atomic mass is 10.0. The number of esters is 1. The van der Waals surface area contributed by atoms with Gasteiger partial charge in [-0.25, -0.2) is 17.0 Å². The normalized spacial score (nSPS) is 16.3. The molecule has 0 heterocycles. The third-order valence-electron chi connectivity index (χ3n) is 4.58. The van der Waals surface area contributed by atoms with Gasteiger partial charge in [-0.05, 0) is 39.8 Å². The summed E-state index contributed by atoms with van der Waals surface area (Å²) in [4.78, 5) is 13.3. The molecular weight excluding hydrogens is 436 g/mol. The van der Waals surface area contributed by atoms with Gasteiger partial charge in [0.1, 0.15) is 6.04 Å². The van der Waals surface area contributed by atoms with E-state index in [2.05, 4.69) is 10.3 Å². The van der Waals surface area contributed by atoms with Gasteiger partial charge in [0.2, 0.25) is 10.0 Å². The monoisotopic (exact) mass is 468 g/mol. The van der Waals surface area contributed by atoms with E-state index >= 15 is 0 Å². The van der Waals surface area contributed by atoms with Crippen molar-refractivity contribution < 1.29 is 22.2 Å². The van der Waals surface area contributed by atoms with E-state index in [4.69, 9.17) is 11.2 Å².